The molecule has 3 fully saturated rings. The number of hydrogen-bond donors (Lipinski definition) is 1. The zero-order chi connectivity index (χ0) is 13.9. The van der Waals surface area contributed by atoms with Gasteiger partial charge in [-0.3, -0.25) is 9.69 Å². The molecule has 0 spiro atoms. The van der Waals surface area contributed by atoms with Crippen LogP contribution in [0.4, 0.5) is 0 Å². The van der Waals surface area contributed by atoms with E-state index in [0.29, 0.717) is 18.0 Å². The lowest BCUT2D eigenvalue weighted by molar-refractivity contribution is -0.137. The van der Waals surface area contributed by atoms with E-state index >= 15 is 0 Å². The van der Waals surface area contributed by atoms with Crippen LogP contribution in [0.1, 0.15) is 45.4 Å². The van der Waals surface area contributed by atoms with E-state index in [1.807, 2.05) is 0 Å². The Hall–Kier alpha value is -0.610. The zero-order valence-corrected chi connectivity index (χ0v) is 12.8. The maximum absolute atomic E-state index is 12.5. The van der Waals surface area contributed by atoms with Gasteiger partial charge in [-0.1, -0.05) is 0 Å². The number of nitrogens with one attached hydrogen (secondary N) is 1. The second-order valence-electron chi connectivity index (χ2n) is 6.92. The number of fused-ring (bicyclic) bond motifs is 1. The highest BCUT2D eigenvalue weighted by molar-refractivity contribution is 5.76. The van der Waals surface area contributed by atoms with Gasteiger partial charge in [0.1, 0.15) is 0 Å². The molecule has 3 aliphatic heterocycles. The van der Waals surface area contributed by atoms with Gasteiger partial charge in [-0.05, 0) is 64.6 Å². The molecule has 0 aromatic carbocycles. The van der Waals surface area contributed by atoms with Crippen LogP contribution in [0.5, 0.6) is 0 Å². The highest BCUT2D eigenvalue weighted by atomic mass is 16.2. The minimum atomic E-state index is 0.405. The Labute approximate surface area is 122 Å². The van der Waals surface area contributed by atoms with Crippen molar-refractivity contribution >= 4 is 5.91 Å². The largest absolute Gasteiger partial charge is 0.337 e. The number of carbonyl (C=O) groups excluding carboxylic acids is 1. The molecule has 0 radical (unpaired) electrons. The smallest absolute Gasteiger partial charge is 0.222 e. The number of piperidine rings is 1. The van der Waals surface area contributed by atoms with Crippen LogP contribution in [-0.2, 0) is 4.79 Å². The summed E-state index contributed by atoms with van der Waals surface area (Å²) in [5.41, 5.74) is 0. The Morgan fingerprint density at radius 1 is 1.20 bits per heavy atom. The molecule has 0 aromatic rings. The number of carbonyl (C=O) groups is 1. The van der Waals surface area contributed by atoms with Gasteiger partial charge in [0, 0.05) is 31.6 Å². The molecular weight excluding hydrogens is 250 g/mol. The molecule has 1 N–H and O–H groups in total. The molecule has 3 saturated heterocycles. The van der Waals surface area contributed by atoms with Gasteiger partial charge in [-0.2, -0.15) is 0 Å². The van der Waals surface area contributed by atoms with Crippen molar-refractivity contribution in [2.45, 2.75) is 57.5 Å². The van der Waals surface area contributed by atoms with E-state index in [0.717, 1.165) is 44.9 Å². The first-order chi connectivity index (χ1) is 9.74. The van der Waals surface area contributed by atoms with Gasteiger partial charge in [0.15, 0.2) is 0 Å². The van der Waals surface area contributed by atoms with E-state index in [1.165, 1.54) is 32.2 Å². The maximum atomic E-state index is 12.5. The second kappa shape index (κ2) is 6.44. The van der Waals surface area contributed by atoms with Crippen LogP contribution in [-0.4, -0.2) is 60.5 Å². The summed E-state index contributed by atoms with van der Waals surface area (Å²) >= 11 is 0. The van der Waals surface area contributed by atoms with Gasteiger partial charge < -0.3 is 10.2 Å². The topological polar surface area (TPSA) is 35.6 Å². The van der Waals surface area contributed by atoms with Gasteiger partial charge in [-0.15, -0.1) is 0 Å². The maximum Gasteiger partial charge on any atom is 0.222 e. The SMILES string of the molecule is CC1CN2CCCC2CN1C(=O)CCC1CCNCC1. The number of amides is 1. The number of piperazine rings is 1. The molecule has 20 heavy (non-hydrogen) atoms. The Bertz CT molecular complexity index is 341. The van der Waals surface area contributed by atoms with Crippen molar-refractivity contribution in [2.75, 3.05) is 32.7 Å². The van der Waals surface area contributed by atoms with E-state index in [1.54, 1.807) is 0 Å². The number of hydrogen-bond acceptors (Lipinski definition) is 3. The summed E-state index contributed by atoms with van der Waals surface area (Å²) in [6, 6.07) is 1.05. The van der Waals surface area contributed by atoms with E-state index in [4.69, 9.17) is 0 Å². The molecule has 4 nitrogen and oxygen atoms in total. The third kappa shape index (κ3) is 3.17. The van der Waals surface area contributed by atoms with Crippen LogP contribution in [0, 0.1) is 5.92 Å². The summed E-state index contributed by atoms with van der Waals surface area (Å²) in [5, 5.41) is 3.40. The lowest BCUT2D eigenvalue weighted by Crippen LogP contribution is -2.56. The summed E-state index contributed by atoms with van der Waals surface area (Å²) < 4.78 is 0. The Kier molecular flexibility index (Phi) is 4.61. The third-order valence-corrected chi connectivity index (χ3v) is 5.48. The minimum absolute atomic E-state index is 0.405. The summed E-state index contributed by atoms with van der Waals surface area (Å²) in [6.45, 7) is 7.80. The zero-order valence-electron chi connectivity index (χ0n) is 12.8. The first-order valence-electron chi connectivity index (χ1n) is 8.48. The van der Waals surface area contributed by atoms with Crippen molar-refractivity contribution in [3.63, 3.8) is 0 Å². The first-order valence-corrected chi connectivity index (χ1v) is 8.48. The van der Waals surface area contributed by atoms with Crippen LogP contribution < -0.4 is 5.32 Å². The summed E-state index contributed by atoms with van der Waals surface area (Å²) in [6.07, 6.45) is 6.96. The third-order valence-electron chi connectivity index (χ3n) is 5.48. The molecule has 114 valence electrons. The predicted molar refractivity (Wildman–Crippen MR) is 80.6 cm³/mol. The molecule has 2 unspecified atom stereocenters. The van der Waals surface area contributed by atoms with Crippen molar-refractivity contribution in [3.8, 4) is 0 Å². The van der Waals surface area contributed by atoms with Gasteiger partial charge in [-0.25, -0.2) is 0 Å². The van der Waals surface area contributed by atoms with Crippen LogP contribution in [0.3, 0.4) is 0 Å². The fraction of sp³-hybridized carbons (Fsp3) is 0.938. The van der Waals surface area contributed by atoms with Crippen molar-refractivity contribution in [2.24, 2.45) is 5.92 Å². The van der Waals surface area contributed by atoms with Crippen LogP contribution in [0.15, 0.2) is 0 Å². The molecule has 3 aliphatic rings. The van der Waals surface area contributed by atoms with E-state index < -0.39 is 0 Å². The first kappa shape index (κ1) is 14.3. The molecular formula is C16H29N3O. The quantitative estimate of drug-likeness (QED) is 0.849. The lowest BCUT2D eigenvalue weighted by atomic mass is 9.92. The Balaban J connectivity index is 1.48. The van der Waals surface area contributed by atoms with Crippen LogP contribution in [0.25, 0.3) is 0 Å². The van der Waals surface area contributed by atoms with Gasteiger partial charge >= 0.3 is 0 Å². The molecule has 1 amide bonds. The fourth-order valence-corrected chi connectivity index (χ4v) is 4.18. The van der Waals surface area contributed by atoms with Gasteiger partial charge in [0.2, 0.25) is 5.91 Å². The molecule has 4 heteroatoms. The standard InChI is InChI=1S/C16H29N3O/c1-13-11-18-10-2-3-15(18)12-19(13)16(20)5-4-14-6-8-17-9-7-14/h13-15,17H,2-12H2,1H3. The van der Waals surface area contributed by atoms with Crippen molar-refractivity contribution in [3.05, 3.63) is 0 Å². The highest BCUT2D eigenvalue weighted by Crippen LogP contribution is 2.26. The number of rotatable bonds is 3. The Morgan fingerprint density at radius 3 is 2.80 bits per heavy atom. The molecule has 0 aromatic heterocycles. The highest BCUT2D eigenvalue weighted by Gasteiger charge is 2.36. The Morgan fingerprint density at radius 2 is 2.00 bits per heavy atom. The summed E-state index contributed by atoms with van der Waals surface area (Å²) in [5.74, 6) is 1.17. The van der Waals surface area contributed by atoms with Crippen LogP contribution in [0.2, 0.25) is 0 Å². The molecule has 0 saturated carbocycles. The van der Waals surface area contributed by atoms with Crippen molar-refractivity contribution < 1.29 is 4.79 Å². The monoisotopic (exact) mass is 279 g/mol. The van der Waals surface area contributed by atoms with Crippen LogP contribution >= 0.6 is 0 Å². The fourth-order valence-electron chi connectivity index (χ4n) is 4.18. The van der Waals surface area contributed by atoms with E-state index in [2.05, 4.69) is 22.0 Å². The molecule has 0 bridgehead atoms. The second-order valence-corrected chi connectivity index (χ2v) is 6.92. The summed E-state index contributed by atoms with van der Waals surface area (Å²) in [7, 11) is 0. The molecule has 3 rings (SSSR count). The number of nitrogens with zero attached hydrogens (tertiary/aromatic N) is 2. The predicted octanol–water partition coefficient (Wildman–Crippen LogP) is 1.46. The van der Waals surface area contributed by atoms with Gasteiger partial charge in [0.05, 0.1) is 0 Å². The van der Waals surface area contributed by atoms with Crippen molar-refractivity contribution in [1.82, 2.24) is 15.1 Å². The van der Waals surface area contributed by atoms with E-state index in [9.17, 15) is 4.79 Å². The minimum Gasteiger partial charge on any atom is -0.337 e. The molecule has 0 aliphatic carbocycles. The normalized spacial score (nSPS) is 32.4. The van der Waals surface area contributed by atoms with E-state index in [-0.39, 0.29) is 0 Å². The van der Waals surface area contributed by atoms with Gasteiger partial charge in [0.25, 0.3) is 0 Å². The molecule has 2 atom stereocenters. The van der Waals surface area contributed by atoms with Crippen molar-refractivity contribution in [1.29, 1.82) is 0 Å². The molecule has 3 heterocycles. The average Bonchev–Trinajstić information content (AvgIpc) is 2.92. The lowest BCUT2D eigenvalue weighted by Gasteiger charge is -2.42. The summed E-state index contributed by atoms with van der Waals surface area (Å²) in [4.78, 5) is 17.3. The average molecular weight is 279 g/mol.